The van der Waals surface area contributed by atoms with Crippen molar-refractivity contribution in [2.45, 2.75) is 17.3 Å². The Kier molecular flexibility index (Phi) is 5.74. The molecular formula is C4H8I2. The molecule has 0 rings (SSSR count). The summed E-state index contributed by atoms with van der Waals surface area (Å²) in [5, 5.41) is 0. The molecule has 0 aromatic heterocycles. The molecule has 0 N–H and O–H groups in total. The monoisotopic (exact) mass is 310 g/mol. The molecule has 0 heterocycles. The van der Waals surface area contributed by atoms with Crippen LogP contribution in [0.2, 0.25) is 0 Å². The predicted octanol–water partition coefficient (Wildman–Crippen LogP) is 2.64. The average Bonchev–Trinajstić information content (AvgIpc) is 1.35. The van der Waals surface area contributed by atoms with E-state index in [0.29, 0.717) is 0 Å². The van der Waals surface area contributed by atoms with Crippen molar-refractivity contribution in [1.29, 1.82) is 0 Å². The van der Waals surface area contributed by atoms with Crippen molar-refractivity contribution in [3.05, 3.63) is 0 Å². The van der Waals surface area contributed by atoms with Crippen LogP contribution in [0.3, 0.4) is 0 Å². The summed E-state index contributed by atoms with van der Waals surface area (Å²) in [5.41, 5.74) is 0. The van der Waals surface area contributed by atoms with E-state index in [1.807, 2.05) is 0 Å². The lowest BCUT2D eigenvalue weighted by Crippen LogP contribution is -1.87. The van der Waals surface area contributed by atoms with Gasteiger partial charge in [-0.2, -0.15) is 0 Å². The van der Waals surface area contributed by atoms with Crippen LogP contribution in [0.15, 0.2) is 0 Å². The Morgan fingerprint density at radius 2 is 2.17 bits per heavy atom. The van der Waals surface area contributed by atoms with Crippen molar-refractivity contribution in [3.8, 4) is 0 Å². The Hall–Kier alpha value is 1.46. The lowest BCUT2D eigenvalue weighted by Gasteiger charge is -1.92. The van der Waals surface area contributed by atoms with E-state index in [2.05, 4.69) is 52.1 Å². The molecule has 0 aliphatic heterocycles. The van der Waals surface area contributed by atoms with Gasteiger partial charge in [0.1, 0.15) is 0 Å². The summed E-state index contributed by atoms with van der Waals surface area (Å²) in [5.74, 6) is 0. The zero-order valence-electron chi connectivity index (χ0n) is 3.75. The fraction of sp³-hybridized carbons (Fsp3) is 1.00. The van der Waals surface area contributed by atoms with Crippen LogP contribution >= 0.6 is 45.2 Å². The minimum atomic E-state index is 0.861. The number of alkyl halides is 2. The van der Waals surface area contributed by atoms with Crippen LogP contribution in [0.4, 0.5) is 0 Å². The van der Waals surface area contributed by atoms with Crippen LogP contribution in [0.25, 0.3) is 0 Å². The molecule has 0 aliphatic rings. The average molecular weight is 310 g/mol. The maximum Gasteiger partial charge on any atom is 0.00886 e. The van der Waals surface area contributed by atoms with E-state index in [0.717, 1.165) is 3.92 Å². The normalized spacial score (nSPS) is 14.5. The maximum absolute atomic E-state index is 2.44. The molecular weight excluding hydrogens is 302 g/mol. The summed E-state index contributed by atoms with van der Waals surface area (Å²) in [6, 6.07) is 0. The van der Waals surface area contributed by atoms with Crippen molar-refractivity contribution in [2.24, 2.45) is 0 Å². The highest BCUT2D eigenvalue weighted by atomic mass is 127. The summed E-state index contributed by atoms with van der Waals surface area (Å²) >= 11 is 4.84. The smallest absolute Gasteiger partial charge is 0.00886 e. The van der Waals surface area contributed by atoms with Crippen LogP contribution < -0.4 is 0 Å². The van der Waals surface area contributed by atoms with Gasteiger partial charge in [0.25, 0.3) is 0 Å². The van der Waals surface area contributed by atoms with E-state index in [-0.39, 0.29) is 0 Å². The highest BCUT2D eigenvalue weighted by Gasteiger charge is 1.88. The second-order valence-corrected chi connectivity index (χ2v) is 4.46. The fourth-order valence-electron chi connectivity index (χ4n) is 0.150. The van der Waals surface area contributed by atoms with Gasteiger partial charge in [-0.1, -0.05) is 52.1 Å². The third-order valence-electron chi connectivity index (χ3n) is 0.507. The lowest BCUT2D eigenvalue weighted by molar-refractivity contribution is 0.962. The first-order valence-corrected chi connectivity index (χ1v) is 4.74. The zero-order valence-corrected chi connectivity index (χ0v) is 8.06. The van der Waals surface area contributed by atoms with E-state index in [4.69, 9.17) is 0 Å². The van der Waals surface area contributed by atoms with Gasteiger partial charge in [-0.05, 0) is 6.42 Å². The van der Waals surface area contributed by atoms with E-state index in [9.17, 15) is 0 Å². The summed E-state index contributed by atoms with van der Waals surface area (Å²) in [4.78, 5) is 0. The number of hydrogen-bond donors (Lipinski definition) is 0. The number of halogens is 2. The van der Waals surface area contributed by atoms with Crippen LogP contribution in [-0.4, -0.2) is 8.35 Å². The molecule has 0 aromatic carbocycles. The lowest BCUT2D eigenvalue weighted by atomic mass is 10.4. The van der Waals surface area contributed by atoms with Crippen molar-refractivity contribution in [2.75, 3.05) is 4.43 Å². The molecule has 0 radical (unpaired) electrons. The van der Waals surface area contributed by atoms with Gasteiger partial charge < -0.3 is 0 Å². The van der Waals surface area contributed by atoms with E-state index < -0.39 is 0 Å². The van der Waals surface area contributed by atoms with Gasteiger partial charge in [0.05, 0.1) is 0 Å². The van der Waals surface area contributed by atoms with Crippen LogP contribution in [-0.2, 0) is 0 Å². The third-order valence-corrected chi connectivity index (χ3v) is 1.75. The van der Waals surface area contributed by atoms with Crippen molar-refractivity contribution in [3.63, 3.8) is 0 Å². The molecule has 0 nitrogen and oxygen atoms in total. The minimum Gasteiger partial charge on any atom is -0.0863 e. The Bertz CT molecular complexity index is 26.7. The van der Waals surface area contributed by atoms with E-state index in [1.165, 1.54) is 10.8 Å². The molecule has 0 amide bonds. The molecule has 6 heavy (non-hydrogen) atoms. The molecule has 0 fully saturated rings. The van der Waals surface area contributed by atoms with Gasteiger partial charge >= 0.3 is 0 Å². The first-order chi connectivity index (χ1) is 2.77. The van der Waals surface area contributed by atoms with Crippen LogP contribution in [0.5, 0.6) is 0 Å². The second-order valence-electron chi connectivity index (χ2n) is 1.26. The van der Waals surface area contributed by atoms with Crippen molar-refractivity contribution in [1.82, 2.24) is 0 Å². The molecule has 0 spiro atoms. The Morgan fingerprint density at radius 3 is 2.17 bits per heavy atom. The van der Waals surface area contributed by atoms with Gasteiger partial charge in [0, 0.05) is 8.35 Å². The third kappa shape index (κ3) is 5.46. The molecule has 0 aliphatic carbocycles. The molecule has 0 unspecified atom stereocenters. The summed E-state index contributed by atoms with van der Waals surface area (Å²) in [6.45, 7) is 2.24. The van der Waals surface area contributed by atoms with E-state index >= 15 is 0 Å². The van der Waals surface area contributed by atoms with Crippen molar-refractivity contribution < 1.29 is 0 Å². The molecule has 0 saturated carbocycles. The van der Waals surface area contributed by atoms with Crippen LogP contribution in [0, 0.1) is 0 Å². The SMILES string of the molecule is C[C@@H](I)CCI. The number of hydrogen-bond acceptors (Lipinski definition) is 0. The largest absolute Gasteiger partial charge is 0.0863 e. The first kappa shape index (κ1) is 7.46. The number of rotatable bonds is 2. The molecule has 38 valence electrons. The van der Waals surface area contributed by atoms with Gasteiger partial charge in [-0.3, -0.25) is 0 Å². The Labute approximate surface area is 66.4 Å². The summed E-state index contributed by atoms with van der Waals surface area (Å²) in [7, 11) is 0. The molecule has 0 aromatic rings. The standard InChI is InChI=1S/C4H8I2/c1-4(6)2-3-5/h4H,2-3H2,1H3/t4-/m1/s1. The fourth-order valence-corrected chi connectivity index (χ4v) is 2.59. The van der Waals surface area contributed by atoms with Gasteiger partial charge in [0.15, 0.2) is 0 Å². The zero-order chi connectivity index (χ0) is 4.99. The van der Waals surface area contributed by atoms with E-state index in [1.54, 1.807) is 0 Å². The van der Waals surface area contributed by atoms with Crippen LogP contribution in [0.1, 0.15) is 13.3 Å². The quantitative estimate of drug-likeness (QED) is 0.543. The molecule has 1 atom stereocenters. The van der Waals surface area contributed by atoms with Gasteiger partial charge in [-0.15, -0.1) is 0 Å². The van der Waals surface area contributed by atoms with Crippen molar-refractivity contribution >= 4 is 45.2 Å². The molecule has 0 bridgehead atoms. The Balaban J connectivity index is 2.63. The molecule has 0 saturated heterocycles. The van der Waals surface area contributed by atoms with Gasteiger partial charge in [0.2, 0.25) is 0 Å². The first-order valence-electron chi connectivity index (χ1n) is 1.97. The minimum absolute atomic E-state index is 0.861. The predicted molar refractivity (Wildman–Crippen MR) is 47.0 cm³/mol. The maximum atomic E-state index is 2.44. The summed E-state index contributed by atoms with van der Waals surface area (Å²) < 4.78 is 2.15. The summed E-state index contributed by atoms with van der Waals surface area (Å²) in [6.07, 6.45) is 1.35. The highest BCUT2D eigenvalue weighted by Crippen LogP contribution is 2.04. The highest BCUT2D eigenvalue weighted by molar-refractivity contribution is 14.1. The van der Waals surface area contributed by atoms with Gasteiger partial charge in [-0.25, -0.2) is 0 Å². The second kappa shape index (κ2) is 4.61. The Morgan fingerprint density at radius 1 is 1.67 bits per heavy atom. The topological polar surface area (TPSA) is 0 Å². The molecule has 2 heteroatoms.